The van der Waals surface area contributed by atoms with Crippen LogP contribution in [0.1, 0.15) is 33.1 Å². The van der Waals surface area contributed by atoms with Crippen LogP contribution in [0.15, 0.2) is 0 Å². The molecule has 8 heteroatoms. The minimum Gasteiger partial charge on any atom is -0.480 e. The van der Waals surface area contributed by atoms with Gasteiger partial charge in [-0.05, 0) is 25.2 Å². The highest BCUT2D eigenvalue weighted by molar-refractivity contribution is 7.80. The lowest BCUT2D eigenvalue weighted by Crippen LogP contribution is -2.55. The van der Waals surface area contributed by atoms with Crippen molar-refractivity contribution in [3.05, 3.63) is 0 Å². The number of carboxylic acids is 1. The molecule has 7 nitrogen and oxygen atoms in total. The third kappa shape index (κ3) is 4.88. The fourth-order valence-electron chi connectivity index (χ4n) is 2.57. The van der Waals surface area contributed by atoms with Crippen molar-refractivity contribution in [2.75, 3.05) is 12.3 Å². The first-order valence-electron chi connectivity index (χ1n) is 7.48. The second kappa shape index (κ2) is 8.38. The highest BCUT2D eigenvalue weighted by Crippen LogP contribution is 2.18. The molecule has 1 aliphatic heterocycles. The van der Waals surface area contributed by atoms with E-state index in [1.54, 1.807) is 0 Å². The van der Waals surface area contributed by atoms with Crippen molar-refractivity contribution < 1.29 is 19.5 Å². The number of amides is 2. The summed E-state index contributed by atoms with van der Waals surface area (Å²) in [6.45, 7) is 4.29. The summed E-state index contributed by atoms with van der Waals surface area (Å²) in [5.41, 5.74) is 5.79. The molecular weight excluding hydrogens is 306 g/mol. The lowest BCUT2D eigenvalue weighted by molar-refractivity contribution is -0.149. The normalized spacial score (nSPS) is 20.8. The van der Waals surface area contributed by atoms with Gasteiger partial charge in [0.15, 0.2) is 0 Å². The molecule has 0 bridgehead atoms. The third-order valence-corrected chi connectivity index (χ3v) is 4.05. The zero-order chi connectivity index (χ0) is 16.9. The van der Waals surface area contributed by atoms with E-state index in [0.717, 1.165) is 0 Å². The van der Waals surface area contributed by atoms with Crippen molar-refractivity contribution in [3.8, 4) is 0 Å². The number of thiol groups is 1. The van der Waals surface area contributed by atoms with E-state index >= 15 is 0 Å². The Kier molecular flexibility index (Phi) is 7.15. The predicted octanol–water partition coefficient (Wildman–Crippen LogP) is -0.150. The number of carboxylic acid groups (broad SMARTS) is 1. The highest BCUT2D eigenvalue weighted by Gasteiger charge is 2.37. The zero-order valence-corrected chi connectivity index (χ0v) is 13.9. The molecule has 1 saturated heterocycles. The topological polar surface area (TPSA) is 113 Å². The second-order valence-corrected chi connectivity index (χ2v) is 6.37. The van der Waals surface area contributed by atoms with Crippen LogP contribution in [0.3, 0.4) is 0 Å². The number of nitrogens with zero attached hydrogens (tertiary/aromatic N) is 1. The SMILES string of the molecule is CC(C)CC(N)C(=O)NC(CS)C(=O)N1CCCC1C(=O)O. The number of nitrogens with two attached hydrogens (primary N) is 1. The number of hydrogen-bond acceptors (Lipinski definition) is 5. The average molecular weight is 331 g/mol. The maximum atomic E-state index is 12.4. The van der Waals surface area contributed by atoms with Crippen LogP contribution in [0, 0.1) is 5.92 Å². The number of rotatable bonds is 7. The first-order chi connectivity index (χ1) is 10.3. The van der Waals surface area contributed by atoms with Crippen molar-refractivity contribution in [1.29, 1.82) is 0 Å². The van der Waals surface area contributed by atoms with Gasteiger partial charge in [0.2, 0.25) is 11.8 Å². The van der Waals surface area contributed by atoms with Crippen LogP contribution in [0.5, 0.6) is 0 Å². The summed E-state index contributed by atoms with van der Waals surface area (Å²) in [7, 11) is 0. The van der Waals surface area contributed by atoms with E-state index in [-0.39, 0.29) is 11.7 Å². The number of likely N-dealkylation sites (tertiary alicyclic amines) is 1. The van der Waals surface area contributed by atoms with E-state index in [1.807, 2.05) is 13.8 Å². The molecule has 22 heavy (non-hydrogen) atoms. The zero-order valence-electron chi connectivity index (χ0n) is 13.0. The molecule has 0 aliphatic carbocycles. The summed E-state index contributed by atoms with van der Waals surface area (Å²) < 4.78 is 0. The molecule has 1 aliphatic rings. The summed E-state index contributed by atoms with van der Waals surface area (Å²) in [6.07, 6.45) is 1.59. The Morgan fingerprint density at radius 3 is 2.55 bits per heavy atom. The molecule has 0 aromatic rings. The van der Waals surface area contributed by atoms with Crippen molar-refractivity contribution in [1.82, 2.24) is 10.2 Å². The van der Waals surface area contributed by atoms with Gasteiger partial charge in [0.1, 0.15) is 12.1 Å². The summed E-state index contributed by atoms with van der Waals surface area (Å²) >= 11 is 4.09. The Balaban J connectivity index is 2.68. The van der Waals surface area contributed by atoms with Gasteiger partial charge in [-0.3, -0.25) is 9.59 Å². The Bertz CT molecular complexity index is 430. The molecule has 0 saturated carbocycles. The number of carbonyl (C=O) groups excluding carboxylic acids is 2. The maximum Gasteiger partial charge on any atom is 0.326 e. The summed E-state index contributed by atoms with van der Waals surface area (Å²) in [5, 5.41) is 11.7. The molecule has 3 unspecified atom stereocenters. The Labute approximate surface area is 136 Å². The molecule has 2 amide bonds. The van der Waals surface area contributed by atoms with Gasteiger partial charge in [0.05, 0.1) is 6.04 Å². The standard InChI is InChI=1S/C14H25N3O4S/c1-8(2)6-9(15)12(18)16-10(7-22)13(19)17-5-3-4-11(17)14(20)21/h8-11,22H,3-7,15H2,1-2H3,(H,16,18)(H,20,21). The summed E-state index contributed by atoms with van der Waals surface area (Å²) in [5.74, 6) is -1.48. The number of aliphatic carboxylic acids is 1. The number of carbonyl (C=O) groups is 3. The highest BCUT2D eigenvalue weighted by atomic mass is 32.1. The largest absolute Gasteiger partial charge is 0.480 e. The first-order valence-corrected chi connectivity index (χ1v) is 8.11. The molecule has 0 spiro atoms. The smallest absolute Gasteiger partial charge is 0.326 e. The van der Waals surface area contributed by atoms with Crippen LogP contribution in [-0.2, 0) is 14.4 Å². The van der Waals surface area contributed by atoms with Crippen molar-refractivity contribution in [2.45, 2.75) is 51.2 Å². The number of nitrogens with one attached hydrogen (secondary N) is 1. The average Bonchev–Trinajstić information content (AvgIpc) is 2.92. The van der Waals surface area contributed by atoms with Gasteiger partial charge >= 0.3 is 5.97 Å². The predicted molar refractivity (Wildman–Crippen MR) is 85.6 cm³/mol. The van der Waals surface area contributed by atoms with Crippen molar-refractivity contribution >= 4 is 30.4 Å². The molecule has 3 atom stereocenters. The van der Waals surface area contributed by atoms with Gasteiger partial charge in [-0.15, -0.1) is 0 Å². The molecule has 0 aromatic carbocycles. The summed E-state index contributed by atoms with van der Waals surface area (Å²) in [4.78, 5) is 36.9. The molecule has 0 aromatic heterocycles. The van der Waals surface area contributed by atoms with E-state index in [1.165, 1.54) is 4.90 Å². The quantitative estimate of drug-likeness (QED) is 0.485. The number of hydrogen-bond donors (Lipinski definition) is 4. The van der Waals surface area contributed by atoms with E-state index in [9.17, 15) is 14.4 Å². The van der Waals surface area contributed by atoms with Gasteiger partial charge in [-0.1, -0.05) is 13.8 Å². The van der Waals surface area contributed by atoms with Crippen LogP contribution < -0.4 is 11.1 Å². The van der Waals surface area contributed by atoms with E-state index in [2.05, 4.69) is 17.9 Å². The molecule has 4 N–H and O–H groups in total. The lowest BCUT2D eigenvalue weighted by atomic mass is 10.0. The van der Waals surface area contributed by atoms with E-state index < -0.39 is 35.9 Å². The van der Waals surface area contributed by atoms with Crippen LogP contribution in [0.2, 0.25) is 0 Å². The van der Waals surface area contributed by atoms with Gasteiger partial charge in [0.25, 0.3) is 0 Å². The maximum absolute atomic E-state index is 12.4. The monoisotopic (exact) mass is 331 g/mol. The second-order valence-electron chi connectivity index (χ2n) is 6.01. The molecule has 1 heterocycles. The van der Waals surface area contributed by atoms with Crippen LogP contribution in [-0.4, -0.2) is 58.2 Å². The van der Waals surface area contributed by atoms with Gasteiger partial charge < -0.3 is 21.1 Å². The van der Waals surface area contributed by atoms with Gasteiger partial charge in [-0.2, -0.15) is 12.6 Å². The Hall–Kier alpha value is -1.28. The van der Waals surface area contributed by atoms with Crippen LogP contribution in [0.4, 0.5) is 0 Å². The summed E-state index contributed by atoms with van der Waals surface area (Å²) in [6, 6.07) is -2.37. The van der Waals surface area contributed by atoms with E-state index in [0.29, 0.717) is 25.8 Å². The van der Waals surface area contributed by atoms with Gasteiger partial charge in [0, 0.05) is 12.3 Å². The Morgan fingerprint density at radius 2 is 2.05 bits per heavy atom. The molecule has 1 rings (SSSR count). The minimum atomic E-state index is -1.02. The van der Waals surface area contributed by atoms with Crippen LogP contribution in [0.25, 0.3) is 0 Å². The van der Waals surface area contributed by atoms with Crippen molar-refractivity contribution in [3.63, 3.8) is 0 Å². The van der Waals surface area contributed by atoms with Gasteiger partial charge in [-0.25, -0.2) is 4.79 Å². The molecule has 0 radical (unpaired) electrons. The molecule has 126 valence electrons. The fraction of sp³-hybridized carbons (Fsp3) is 0.786. The van der Waals surface area contributed by atoms with Crippen molar-refractivity contribution in [2.24, 2.45) is 11.7 Å². The fourth-order valence-corrected chi connectivity index (χ4v) is 2.81. The lowest BCUT2D eigenvalue weighted by Gasteiger charge is -2.27. The van der Waals surface area contributed by atoms with Crippen LogP contribution >= 0.6 is 12.6 Å². The molecule has 1 fully saturated rings. The van der Waals surface area contributed by atoms with E-state index in [4.69, 9.17) is 10.8 Å². The third-order valence-electron chi connectivity index (χ3n) is 3.68. The molecular formula is C14H25N3O4S. The Morgan fingerprint density at radius 1 is 1.41 bits per heavy atom. The minimum absolute atomic E-state index is 0.0990. The first kappa shape index (κ1) is 18.8.